The standard InChI is InChI=1S/C28H39NO5.C26H33NO6.CH4/c1-26(2,3)17-29-25(30)31-24-8-6-20(7-9-24)21-5-4-10-27(16-21)32-28(34-33-27)22-12-18-11-19(14-22)15-23(28)13-18;1-16(28)15-27-24(29)30-23-6-4-19(5-7-23)20-3-2-8-25(14-20)31-26(33-32-25)21-10-17-9-18(12-21)13-22(26)11-17;/h6-9,18-19,21-23H,4-5,10-17H2,1-3H3,(H,29,30);4-7,17-18,20-22H,2-3,8-15H2,1H3,(H,27,29);1H4/t18?,19?,21?,22?,23?,27-,28?;17?,18?,20?,21?,22?,25-,26?;/m11./s1. The van der Waals surface area contributed by atoms with Crippen LogP contribution in [0.25, 0.3) is 0 Å². The monoisotopic (exact) mass is 941 g/mol. The van der Waals surface area contributed by atoms with Gasteiger partial charge >= 0.3 is 12.2 Å². The molecule has 10 saturated carbocycles. The van der Waals surface area contributed by atoms with E-state index in [1.165, 1.54) is 82.3 Å². The van der Waals surface area contributed by atoms with Gasteiger partial charge in [0.2, 0.25) is 23.1 Å². The molecule has 12 fully saturated rings. The summed E-state index contributed by atoms with van der Waals surface area (Å²) in [6.45, 7) is 8.18. The van der Waals surface area contributed by atoms with Crippen LogP contribution in [0, 0.1) is 52.8 Å². The highest BCUT2D eigenvalue weighted by Gasteiger charge is 2.68. The molecule has 0 aromatic heterocycles. The summed E-state index contributed by atoms with van der Waals surface area (Å²) in [6.07, 6.45) is 19.2. The maximum atomic E-state index is 12.1. The zero-order valence-electron chi connectivity index (χ0n) is 40.0. The Morgan fingerprint density at radius 1 is 0.574 bits per heavy atom. The maximum Gasteiger partial charge on any atom is 0.412 e. The van der Waals surface area contributed by atoms with Gasteiger partial charge in [0.1, 0.15) is 17.3 Å². The summed E-state index contributed by atoms with van der Waals surface area (Å²) >= 11 is 0. The molecule has 4 atom stereocenters. The summed E-state index contributed by atoms with van der Waals surface area (Å²) in [6, 6.07) is 15.5. The van der Waals surface area contributed by atoms with Crippen LogP contribution < -0.4 is 20.1 Å². The first-order valence-electron chi connectivity index (χ1n) is 25.9. The molecule has 13 heteroatoms. The lowest BCUT2D eigenvalue weighted by molar-refractivity contribution is -0.390. The molecule has 2 heterocycles. The first-order chi connectivity index (χ1) is 32.1. The average molecular weight is 941 g/mol. The molecule has 2 aliphatic heterocycles. The topological polar surface area (TPSA) is 149 Å². The lowest BCUT2D eigenvalue weighted by Gasteiger charge is -2.57. The third kappa shape index (κ3) is 9.50. The van der Waals surface area contributed by atoms with E-state index in [1.54, 1.807) is 12.1 Å². The van der Waals surface area contributed by atoms with Crippen molar-refractivity contribution in [1.29, 1.82) is 0 Å². The van der Waals surface area contributed by atoms with E-state index in [-0.39, 0.29) is 25.2 Å². The van der Waals surface area contributed by atoms with Crippen LogP contribution in [0.2, 0.25) is 0 Å². The highest BCUT2D eigenvalue weighted by Crippen LogP contribution is 2.66. The van der Waals surface area contributed by atoms with E-state index < -0.39 is 35.3 Å². The van der Waals surface area contributed by atoms with Crippen LogP contribution in [0.15, 0.2) is 48.5 Å². The van der Waals surface area contributed by atoms with E-state index in [0.717, 1.165) is 75.0 Å². The van der Waals surface area contributed by atoms with Gasteiger partial charge in [-0.2, -0.15) is 19.6 Å². The number of hydrogen-bond donors (Lipinski definition) is 2. The minimum atomic E-state index is -0.653. The van der Waals surface area contributed by atoms with Crippen molar-refractivity contribution in [2.75, 3.05) is 13.1 Å². The number of amides is 2. The van der Waals surface area contributed by atoms with Crippen LogP contribution in [0.5, 0.6) is 11.5 Å². The minimum absolute atomic E-state index is 0. The molecular formula is C55H76N2O11. The second kappa shape index (κ2) is 18.5. The number of ether oxygens (including phenoxy) is 4. The Hall–Kier alpha value is -3.59. The zero-order valence-corrected chi connectivity index (χ0v) is 40.0. The van der Waals surface area contributed by atoms with Crippen LogP contribution in [0.3, 0.4) is 0 Å². The molecule has 12 aliphatic rings. The van der Waals surface area contributed by atoms with Crippen molar-refractivity contribution in [2.45, 2.75) is 186 Å². The fourth-order valence-corrected chi connectivity index (χ4v) is 15.0. The van der Waals surface area contributed by atoms with Gasteiger partial charge in [0.05, 0.1) is 6.54 Å². The van der Waals surface area contributed by atoms with Gasteiger partial charge in [-0.15, -0.1) is 0 Å². The van der Waals surface area contributed by atoms with E-state index >= 15 is 0 Å². The summed E-state index contributed by atoms with van der Waals surface area (Å²) in [4.78, 5) is 59.5. The molecule has 2 saturated heterocycles. The van der Waals surface area contributed by atoms with E-state index in [1.807, 2.05) is 24.3 Å². The third-order valence-electron chi connectivity index (χ3n) is 17.6. The van der Waals surface area contributed by atoms with Crippen LogP contribution >= 0.6 is 0 Å². The van der Waals surface area contributed by atoms with Gasteiger partial charge in [-0.1, -0.05) is 52.5 Å². The van der Waals surface area contributed by atoms with Crippen molar-refractivity contribution in [3.63, 3.8) is 0 Å². The molecule has 2 aromatic carbocycles. The Labute approximate surface area is 402 Å². The Bertz CT molecular complexity index is 2100. The molecular weight excluding hydrogens is 865 g/mol. The third-order valence-corrected chi connectivity index (χ3v) is 17.6. The normalized spacial score (nSPS) is 40.2. The minimum Gasteiger partial charge on any atom is -0.410 e. The molecule has 10 aliphatic carbocycles. The molecule has 14 rings (SSSR count). The van der Waals surface area contributed by atoms with Gasteiger partial charge in [0, 0.05) is 55.9 Å². The highest BCUT2D eigenvalue weighted by molar-refractivity contribution is 5.82. The van der Waals surface area contributed by atoms with Gasteiger partial charge in [-0.25, -0.2) is 9.59 Å². The number of carbonyl (C=O) groups is 3. The molecule has 0 radical (unpaired) electrons. The largest absolute Gasteiger partial charge is 0.412 e. The van der Waals surface area contributed by atoms with Crippen molar-refractivity contribution in [3.8, 4) is 11.5 Å². The Kier molecular flexibility index (Phi) is 13.1. The number of ketones is 1. The fraction of sp³-hybridized carbons (Fsp3) is 0.727. The second-order valence-electron chi connectivity index (χ2n) is 23.9. The summed E-state index contributed by atoms with van der Waals surface area (Å²) in [5.74, 6) is 4.59. The zero-order chi connectivity index (χ0) is 46.2. The molecule has 4 spiro atoms. The Morgan fingerprint density at radius 3 is 1.32 bits per heavy atom. The molecule has 2 amide bonds. The van der Waals surface area contributed by atoms with Gasteiger partial charge < -0.3 is 29.6 Å². The number of Topliss-reactive ketones (excluding diaryl/α,β-unsaturated/α-hetero) is 1. The highest BCUT2D eigenvalue weighted by atomic mass is 17.3. The number of nitrogens with one attached hydrogen (secondary N) is 2. The predicted molar refractivity (Wildman–Crippen MR) is 252 cm³/mol. The maximum absolute atomic E-state index is 12.1. The SMILES string of the molecule is C.CC(=O)CNC(=O)Oc1ccc(C2CCC[C@]3(C2)OOC2(O3)C3CC4CC(C3)CC2C4)cc1.CC(C)(C)CNC(=O)Oc1ccc(C2CCC[C@]3(C2)OOC2(O3)C3CC4CC(C3)CC2C4)cc1. The number of hydrogen-bond acceptors (Lipinski definition) is 11. The van der Waals surface area contributed by atoms with E-state index in [9.17, 15) is 14.4 Å². The average Bonchev–Trinajstić information content (AvgIpc) is 3.85. The number of benzene rings is 2. The van der Waals surface area contributed by atoms with Crippen molar-refractivity contribution in [2.24, 2.45) is 52.8 Å². The smallest absolute Gasteiger partial charge is 0.410 e. The first-order valence-corrected chi connectivity index (χ1v) is 25.9. The number of carbonyl (C=O) groups excluding carboxylic acids is 3. The molecule has 2 N–H and O–H groups in total. The van der Waals surface area contributed by atoms with Crippen LogP contribution in [0.4, 0.5) is 9.59 Å². The molecule has 2 unspecified atom stereocenters. The van der Waals surface area contributed by atoms with Gasteiger partial charge in [0.25, 0.3) is 0 Å². The van der Waals surface area contributed by atoms with Crippen LogP contribution in [0.1, 0.15) is 174 Å². The van der Waals surface area contributed by atoms with E-state index in [0.29, 0.717) is 53.6 Å². The van der Waals surface area contributed by atoms with Gasteiger partial charge in [0.15, 0.2) is 0 Å². The molecule has 372 valence electrons. The van der Waals surface area contributed by atoms with Crippen LogP contribution in [-0.2, 0) is 33.8 Å². The second-order valence-corrected chi connectivity index (χ2v) is 23.9. The summed E-state index contributed by atoms with van der Waals surface area (Å²) in [7, 11) is 0. The molecule has 68 heavy (non-hydrogen) atoms. The lowest BCUT2D eigenvalue weighted by Crippen LogP contribution is -2.59. The van der Waals surface area contributed by atoms with Crippen molar-refractivity contribution in [3.05, 3.63) is 59.7 Å². The van der Waals surface area contributed by atoms with E-state index in [4.69, 9.17) is 38.5 Å². The van der Waals surface area contributed by atoms with E-state index in [2.05, 4.69) is 43.5 Å². The first kappa shape index (κ1) is 48.1. The van der Waals surface area contributed by atoms with Crippen molar-refractivity contribution in [1.82, 2.24) is 10.6 Å². The summed E-state index contributed by atoms with van der Waals surface area (Å²) < 4.78 is 24.5. The van der Waals surface area contributed by atoms with Gasteiger partial charge in [-0.05, 0) is 173 Å². The Balaban J connectivity index is 0.000000156. The molecule has 2 aromatic rings. The van der Waals surface area contributed by atoms with Gasteiger partial charge in [-0.3, -0.25) is 4.79 Å². The lowest BCUT2D eigenvalue weighted by atomic mass is 9.53. The van der Waals surface area contributed by atoms with Crippen molar-refractivity contribution < 1.29 is 52.9 Å². The summed E-state index contributed by atoms with van der Waals surface area (Å²) in [5.41, 5.74) is 2.44. The van der Waals surface area contributed by atoms with Crippen molar-refractivity contribution >= 4 is 18.0 Å². The summed E-state index contributed by atoms with van der Waals surface area (Å²) in [5, 5.41) is 5.26. The predicted octanol–water partition coefficient (Wildman–Crippen LogP) is 11.8. The quantitative estimate of drug-likeness (QED) is 0.255. The fourth-order valence-electron chi connectivity index (χ4n) is 15.0. The molecule has 8 bridgehead atoms. The molecule has 13 nitrogen and oxygen atoms in total. The Morgan fingerprint density at radius 2 is 0.956 bits per heavy atom. The number of rotatable bonds is 7. The van der Waals surface area contributed by atoms with Crippen LogP contribution in [-0.4, -0.2) is 54.2 Å².